The zero-order chi connectivity index (χ0) is 14.5. The minimum absolute atomic E-state index is 0.108. The lowest BCUT2D eigenvalue weighted by atomic mass is 10.3. The molecule has 0 atom stereocenters. The van der Waals surface area contributed by atoms with Crippen molar-refractivity contribution in [2.75, 3.05) is 17.7 Å². The smallest absolute Gasteiger partial charge is 0.291 e. The molecule has 104 valence electrons. The molecular formula is C14H14N2O4. The maximum absolute atomic E-state index is 12.0. The number of nitrogens with one attached hydrogen (secondary N) is 2. The number of carbonyl (C=O) groups excluding carboxylic acids is 2. The summed E-state index contributed by atoms with van der Waals surface area (Å²) in [6.45, 7) is 1.36. The Bertz CT molecular complexity index is 634. The van der Waals surface area contributed by atoms with Gasteiger partial charge >= 0.3 is 0 Å². The summed E-state index contributed by atoms with van der Waals surface area (Å²) in [6, 6.07) is 9.97. The van der Waals surface area contributed by atoms with E-state index in [4.69, 9.17) is 9.15 Å². The second kappa shape index (κ2) is 5.92. The molecule has 0 aliphatic rings. The summed E-state index contributed by atoms with van der Waals surface area (Å²) >= 11 is 0. The Kier molecular flexibility index (Phi) is 4.05. The molecule has 0 bridgehead atoms. The van der Waals surface area contributed by atoms with Crippen molar-refractivity contribution in [2.45, 2.75) is 6.92 Å². The van der Waals surface area contributed by atoms with E-state index in [1.54, 1.807) is 31.4 Å². The van der Waals surface area contributed by atoms with Crippen molar-refractivity contribution in [1.29, 1.82) is 0 Å². The van der Waals surface area contributed by atoms with E-state index < -0.39 is 5.91 Å². The van der Waals surface area contributed by atoms with Gasteiger partial charge in [0.05, 0.1) is 7.11 Å². The highest BCUT2D eigenvalue weighted by Crippen LogP contribution is 2.19. The van der Waals surface area contributed by atoms with Gasteiger partial charge in [-0.1, -0.05) is 6.07 Å². The first kappa shape index (κ1) is 13.7. The molecule has 6 heteroatoms. The van der Waals surface area contributed by atoms with Gasteiger partial charge in [0, 0.05) is 24.7 Å². The Balaban J connectivity index is 2.07. The average Bonchev–Trinajstić information content (AvgIpc) is 2.86. The predicted molar refractivity (Wildman–Crippen MR) is 74.0 cm³/mol. The lowest BCUT2D eigenvalue weighted by molar-refractivity contribution is -0.114. The van der Waals surface area contributed by atoms with E-state index in [-0.39, 0.29) is 17.6 Å². The molecule has 20 heavy (non-hydrogen) atoms. The van der Waals surface area contributed by atoms with Crippen LogP contribution in [0.25, 0.3) is 0 Å². The number of methoxy groups -OCH3 is 1. The van der Waals surface area contributed by atoms with Crippen molar-refractivity contribution < 1.29 is 18.7 Å². The fourth-order valence-corrected chi connectivity index (χ4v) is 1.59. The van der Waals surface area contributed by atoms with Crippen LogP contribution in [-0.4, -0.2) is 18.9 Å². The van der Waals surface area contributed by atoms with Crippen molar-refractivity contribution in [3.05, 3.63) is 42.2 Å². The molecule has 0 saturated carbocycles. The summed E-state index contributed by atoms with van der Waals surface area (Å²) in [5.41, 5.74) is 0.590. The summed E-state index contributed by atoms with van der Waals surface area (Å²) in [5.74, 6) is 0.306. The number of hydrogen-bond acceptors (Lipinski definition) is 4. The fourth-order valence-electron chi connectivity index (χ4n) is 1.59. The van der Waals surface area contributed by atoms with Crippen LogP contribution in [0.1, 0.15) is 17.5 Å². The van der Waals surface area contributed by atoms with Crippen LogP contribution in [0.4, 0.5) is 11.6 Å². The van der Waals surface area contributed by atoms with Gasteiger partial charge in [-0.3, -0.25) is 14.9 Å². The van der Waals surface area contributed by atoms with E-state index in [1.807, 2.05) is 0 Å². The molecule has 0 aliphatic heterocycles. The van der Waals surface area contributed by atoms with Gasteiger partial charge in [0.2, 0.25) is 5.91 Å². The Morgan fingerprint density at radius 1 is 1.15 bits per heavy atom. The van der Waals surface area contributed by atoms with Gasteiger partial charge in [-0.05, 0) is 18.2 Å². The summed E-state index contributed by atoms with van der Waals surface area (Å²) < 4.78 is 10.3. The number of hydrogen-bond donors (Lipinski definition) is 2. The van der Waals surface area contributed by atoms with E-state index in [0.29, 0.717) is 11.4 Å². The van der Waals surface area contributed by atoms with E-state index in [0.717, 1.165) is 0 Å². The molecule has 0 aliphatic carbocycles. The van der Waals surface area contributed by atoms with Gasteiger partial charge in [-0.25, -0.2) is 0 Å². The Morgan fingerprint density at radius 2 is 1.95 bits per heavy atom. The van der Waals surface area contributed by atoms with E-state index in [2.05, 4.69) is 10.6 Å². The van der Waals surface area contributed by atoms with Crippen LogP contribution >= 0.6 is 0 Å². The fraction of sp³-hybridized carbons (Fsp3) is 0.143. The van der Waals surface area contributed by atoms with Crippen LogP contribution in [0, 0.1) is 0 Å². The first-order valence-electron chi connectivity index (χ1n) is 5.91. The van der Waals surface area contributed by atoms with Gasteiger partial charge < -0.3 is 14.5 Å². The van der Waals surface area contributed by atoms with Crippen molar-refractivity contribution in [1.82, 2.24) is 0 Å². The molecule has 0 radical (unpaired) electrons. The summed E-state index contributed by atoms with van der Waals surface area (Å²) in [5, 5.41) is 5.13. The first-order valence-corrected chi connectivity index (χ1v) is 5.91. The quantitative estimate of drug-likeness (QED) is 0.897. The number of anilines is 2. The van der Waals surface area contributed by atoms with Gasteiger partial charge in [0.1, 0.15) is 5.75 Å². The van der Waals surface area contributed by atoms with Crippen LogP contribution in [0.15, 0.2) is 40.8 Å². The highest BCUT2D eigenvalue weighted by Gasteiger charge is 2.12. The van der Waals surface area contributed by atoms with Crippen molar-refractivity contribution >= 4 is 23.4 Å². The number of benzene rings is 1. The Morgan fingerprint density at radius 3 is 2.65 bits per heavy atom. The summed E-state index contributed by atoms with van der Waals surface area (Å²) in [7, 11) is 1.55. The molecule has 1 heterocycles. The molecule has 2 N–H and O–H groups in total. The lowest BCUT2D eigenvalue weighted by Crippen LogP contribution is -2.11. The van der Waals surface area contributed by atoms with Gasteiger partial charge in [-0.2, -0.15) is 0 Å². The summed E-state index contributed by atoms with van der Waals surface area (Å²) in [6.07, 6.45) is 0. The Hall–Kier alpha value is -2.76. The SMILES string of the molecule is COc1cccc(NC(=O)c2ccc(NC(C)=O)o2)c1. The maximum atomic E-state index is 12.0. The van der Waals surface area contributed by atoms with Crippen LogP contribution in [0.5, 0.6) is 5.75 Å². The average molecular weight is 274 g/mol. The number of ether oxygens (including phenoxy) is 1. The zero-order valence-electron chi connectivity index (χ0n) is 11.1. The normalized spacial score (nSPS) is 9.90. The molecule has 0 fully saturated rings. The van der Waals surface area contributed by atoms with Crippen molar-refractivity contribution in [3.63, 3.8) is 0 Å². The minimum atomic E-state index is -0.408. The van der Waals surface area contributed by atoms with Crippen molar-refractivity contribution in [2.24, 2.45) is 0 Å². The van der Waals surface area contributed by atoms with Crippen LogP contribution in [0.2, 0.25) is 0 Å². The van der Waals surface area contributed by atoms with Gasteiger partial charge in [0.15, 0.2) is 11.6 Å². The topological polar surface area (TPSA) is 80.6 Å². The predicted octanol–water partition coefficient (Wildman–Crippen LogP) is 2.50. The summed E-state index contributed by atoms with van der Waals surface area (Å²) in [4.78, 5) is 22.8. The molecule has 1 aromatic heterocycles. The standard InChI is InChI=1S/C14H14N2O4/c1-9(17)15-13-7-6-12(20-13)14(18)16-10-4-3-5-11(8-10)19-2/h3-8H,1-2H3,(H,15,17)(H,16,18). The zero-order valence-corrected chi connectivity index (χ0v) is 11.1. The van der Waals surface area contributed by atoms with E-state index in [9.17, 15) is 9.59 Å². The molecule has 2 aromatic rings. The molecule has 0 saturated heterocycles. The third-order valence-electron chi connectivity index (χ3n) is 2.46. The molecule has 1 aromatic carbocycles. The third kappa shape index (κ3) is 3.38. The number of rotatable bonds is 4. The number of carbonyl (C=O) groups is 2. The maximum Gasteiger partial charge on any atom is 0.291 e. The largest absolute Gasteiger partial charge is 0.497 e. The van der Waals surface area contributed by atoms with Gasteiger partial charge in [-0.15, -0.1) is 0 Å². The Labute approximate surface area is 115 Å². The highest BCUT2D eigenvalue weighted by molar-refractivity contribution is 6.02. The van der Waals surface area contributed by atoms with Gasteiger partial charge in [0.25, 0.3) is 5.91 Å². The first-order chi connectivity index (χ1) is 9.58. The van der Waals surface area contributed by atoms with E-state index in [1.165, 1.54) is 19.1 Å². The molecule has 2 amide bonds. The molecular weight excluding hydrogens is 260 g/mol. The third-order valence-corrected chi connectivity index (χ3v) is 2.46. The van der Waals surface area contributed by atoms with Crippen molar-refractivity contribution in [3.8, 4) is 5.75 Å². The van der Waals surface area contributed by atoms with E-state index >= 15 is 0 Å². The lowest BCUT2D eigenvalue weighted by Gasteiger charge is -2.05. The monoisotopic (exact) mass is 274 g/mol. The van der Waals surface area contributed by atoms with Crippen LogP contribution in [0.3, 0.4) is 0 Å². The molecule has 0 unspecified atom stereocenters. The highest BCUT2D eigenvalue weighted by atomic mass is 16.5. The number of amides is 2. The number of furan rings is 1. The second-order valence-corrected chi connectivity index (χ2v) is 4.03. The minimum Gasteiger partial charge on any atom is -0.497 e. The molecule has 0 spiro atoms. The van der Waals surface area contributed by atoms with Crippen LogP contribution < -0.4 is 15.4 Å². The van der Waals surface area contributed by atoms with Crippen LogP contribution in [-0.2, 0) is 4.79 Å². The second-order valence-electron chi connectivity index (χ2n) is 4.03. The molecule has 2 rings (SSSR count). The molecule has 6 nitrogen and oxygen atoms in total.